The van der Waals surface area contributed by atoms with Gasteiger partial charge in [-0.15, -0.1) is 6.58 Å². The molecule has 1 heterocycles. The summed E-state index contributed by atoms with van der Waals surface area (Å²) in [5.41, 5.74) is 0.847. The van der Waals surface area contributed by atoms with Crippen LogP contribution < -0.4 is 5.32 Å². The van der Waals surface area contributed by atoms with Gasteiger partial charge in [-0.05, 0) is 18.6 Å². The summed E-state index contributed by atoms with van der Waals surface area (Å²) in [5.74, 6) is 0. The number of urea groups is 1. The van der Waals surface area contributed by atoms with Gasteiger partial charge < -0.3 is 10.2 Å². The lowest BCUT2D eigenvalue weighted by atomic mass is 10.3. The van der Waals surface area contributed by atoms with Crippen molar-refractivity contribution in [3.05, 3.63) is 43.0 Å². The fourth-order valence-corrected chi connectivity index (χ4v) is 2.26. The van der Waals surface area contributed by atoms with Crippen LogP contribution in [0.1, 0.15) is 6.42 Å². The van der Waals surface area contributed by atoms with Crippen LogP contribution in [0.4, 0.5) is 10.5 Å². The van der Waals surface area contributed by atoms with Crippen molar-refractivity contribution in [1.29, 1.82) is 0 Å². The van der Waals surface area contributed by atoms with E-state index in [0.29, 0.717) is 0 Å². The second kappa shape index (κ2) is 6.95. The molecule has 0 saturated carbocycles. The number of para-hydroxylation sites is 1. The summed E-state index contributed by atoms with van der Waals surface area (Å²) in [6.45, 7) is 8.18. The number of hydrogen-bond acceptors (Lipinski definition) is 2. The van der Waals surface area contributed by atoms with Gasteiger partial charge in [-0.1, -0.05) is 24.3 Å². The van der Waals surface area contributed by atoms with E-state index in [0.717, 1.165) is 44.8 Å². The molecule has 4 heteroatoms. The fraction of sp³-hybridized carbons (Fsp3) is 0.400. The average molecular weight is 259 g/mol. The van der Waals surface area contributed by atoms with Gasteiger partial charge >= 0.3 is 6.03 Å². The van der Waals surface area contributed by atoms with Gasteiger partial charge in [0.25, 0.3) is 0 Å². The Morgan fingerprint density at radius 2 is 2.00 bits per heavy atom. The molecule has 1 N–H and O–H groups in total. The SMILES string of the molecule is C=CCN1CCCN(C(=O)Nc2ccccc2)CC1. The third-order valence-corrected chi connectivity index (χ3v) is 3.29. The molecule has 0 aromatic heterocycles. The van der Waals surface area contributed by atoms with E-state index in [1.165, 1.54) is 0 Å². The van der Waals surface area contributed by atoms with Crippen molar-refractivity contribution in [2.45, 2.75) is 6.42 Å². The highest BCUT2D eigenvalue weighted by Crippen LogP contribution is 2.09. The number of nitrogens with zero attached hydrogens (tertiary/aromatic N) is 2. The molecule has 1 aliphatic heterocycles. The Kier molecular flexibility index (Phi) is 4.98. The van der Waals surface area contributed by atoms with Gasteiger partial charge in [-0.2, -0.15) is 0 Å². The average Bonchev–Trinajstić information content (AvgIpc) is 2.66. The summed E-state index contributed by atoms with van der Waals surface area (Å²) in [6, 6.07) is 9.58. The lowest BCUT2D eigenvalue weighted by Gasteiger charge is -2.21. The standard InChI is InChI=1S/C15H21N3O/c1-2-9-17-10-6-11-18(13-12-17)15(19)16-14-7-4-3-5-8-14/h2-5,7-8H,1,6,9-13H2,(H,16,19). The Labute approximate surface area is 114 Å². The first-order chi connectivity index (χ1) is 9.29. The highest BCUT2D eigenvalue weighted by Gasteiger charge is 2.18. The Hall–Kier alpha value is -1.81. The normalized spacial score (nSPS) is 16.7. The second-order valence-electron chi connectivity index (χ2n) is 4.73. The zero-order valence-corrected chi connectivity index (χ0v) is 11.2. The van der Waals surface area contributed by atoms with Crippen LogP contribution in [0.25, 0.3) is 0 Å². The minimum Gasteiger partial charge on any atom is -0.323 e. The molecular formula is C15H21N3O. The summed E-state index contributed by atoms with van der Waals surface area (Å²) >= 11 is 0. The van der Waals surface area contributed by atoms with Crippen LogP contribution in [0.2, 0.25) is 0 Å². The van der Waals surface area contributed by atoms with Gasteiger partial charge in [0, 0.05) is 38.4 Å². The summed E-state index contributed by atoms with van der Waals surface area (Å²) in [6.07, 6.45) is 2.93. The lowest BCUT2D eigenvalue weighted by molar-refractivity contribution is 0.212. The second-order valence-corrected chi connectivity index (χ2v) is 4.73. The molecule has 1 fully saturated rings. The van der Waals surface area contributed by atoms with Crippen molar-refractivity contribution >= 4 is 11.7 Å². The first-order valence-electron chi connectivity index (χ1n) is 6.74. The van der Waals surface area contributed by atoms with Crippen molar-refractivity contribution in [3.8, 4) is 0 Å². The maximum Gasteiger partial charge on any atom is 0.321 e. The monoisotopic (exact) mass is 259 g/mol. The summed E-state index contributed by atoms with van der Waals surface area (Å²) < 4.78 is 0. The predicted molar refractivity (Wildman–Crippen MR) is 78.3 cm³/mol. The van der Waals surface area contributed by atoms with Gasteiger partial charge in [-0.25, -0.2) is 4.79 Å². The van der Waals surface area contributed by atoms with Gasteiger partial charge in [0.1, 0.15) is 0 Å². The molecular weight excluding hydrogens is 238 g/mol. The number of amides is 2. The quantitative estimate of drug-likeness (QED) is 0.846. The van der Waals surface area contributed by atoms with Crippen molar-refractivity contribution in [2.24, 2.45) is 0 Å². The van der Waals surface area contributed by atoms with Gasteiger partial charge in [0.2, 0.25) is 0 Å². The molecule has 0 unspecified atom stereocenters. The molecule has 1 aromatic carbocycles. The number of anilines is 1. The number of carbonyl (C=O) groups excluding carboxylic acids is 1. The first kappa shape index (κ1) is 13.6. The Morgan fingerprint density at radius 1 is 1.21 bits per heavy atom. The molecule has 0 spiro atoms. The highest BCUT2D eigenvalue weighted by atomic mass is 16.2. The Morgan fingerprint density at radius 3 is 2.74 bits per heavy atom. The van der Waals surface area contributed by atoms with Crippen molar-refractivity contribution in [3.63, 3.8) is 0 Å². The van der Waals surface area contributed by atoms with Gasteiger partial charge in [0.15, 0.2) is 0 Å². The van der Waals surface area contributed by atoms with Crippen LogP contribution in [-0.2, 0) is 0 Å². The Balaban J connectivity index is 1.87. The third kappa shape index (κ3) is 4.10. The smallest absolute Gasteiger partial charge is 0.321 e. The largest absolute Gasteiger partial charge is 0.323 e. The van der Waals surface area contributed by atoms with E-state index in [1.807, 2.05) is 41.3 Å². The fourth-order valence-electron chi connectivity index (χ4n) is 2.26. The Bertz CT molecular complexity index is 419. The molecule has 2 rings (SSSR count). The van der Waals surface area contributed by atoms with E-state index in [-0.39, 0.29) is 6.03 Å². The lowest BCUT2D eigenvalue weighted by Crippen LogP contribution is -2.38. The maximum atomic E-state index is 12.2. The molecule has 0 bridgehead atoms. The van der Waals surface area contributed by atoms with E-state index in [4.69, 9.17) is 0 Å². The number of hydrogen-bond donors (Lipinski definition) is 1. The molecule has 102 valence electrons. The zero-order valence-electron chi connectivity index (χ0n) is 11.2. The van der Waals surface area contributed by atoms with Crippen LogP contribution in [0.5, 0.6) is 0 Å². The van der Waals surface area contributed by atoms with Crippen LogP contribution in [0.15, 0.2) is 43.0 Å². The van der Waals surface area contributed by atoms with Crippen molar-refractivity contribution in [1.82, 2.24) is 9.80 Å². The zero-order chi connectivity index (χ0) is 13.5. The van der Waals surface area contributed by atoms with E-state index in [2.05, 4.69) is 16.8 Å². The summed E-state index contributed by atoms with van der Waals surface area (Å²) in [4.78, 5) is 16.4. The predicted octanol–water partition coefficient (Wildman–Crippen LogP) is 2.41. The molecule has 19 heavy (non-hydrogen) atoms. The number of benzene rings is 1. The number of nitrogens with one attached hydrogen (secondary N) is 1. The van der Waals surface area contributed by atoms with Crippen molar-refractivity contribution in [2.75, 3.05) is 38.0 Å². The molecule has 0 radical (unpaired) electrons. The van der Waals surface area contributed by atoms with E-state index >= 15 is 0 Å². The first-order valence-corrected chi connectivity index (χ1v) is 6.74. The van der Waals surface area contributed by atoms with E-state index < -0.39 is 0 Å². The minimum atomic E-state index is -0.00773. The molecule has 1 aromatic rings. The molecule has 1 aliphatic rings. The molecule has 2 amide bonds. The maximum absolute atomic E-state index is 12.2. The number of carbonyl (C=O) groups is 1. The van der Waals surface area contributed by atoms with Crippen LogP contribution in [0.3, 0.4) is 0 Å². The molecule has 0 aliphatic carbocycles. The summed E-state index contributed by atoms with van der Waals surface area (Å²) in [5, 5.41) is 2.93. The van der Waals surface area contributed by atoms with Crippen molar-refractivity contribution < 1.29 is 4.79 Å². The molecule has 4 nitrogen and oxygen atoms in total. The van der Waals surface area contributed by atoms with Gasteiger partial charge in [0.05, 0.1) is 0 Å². The summed E-state index contributed by atoms with van der Waals surface area (Å²) in [7, 11) is 0. The van der Waals surface area contributed by atoms with Crippen LogP contribution >= 0.6 is 0 Å². The van der Waals surface area contributed by atoms with Gasteiger partial charge in [-0.3, -0.25) is 4.90 Å². The van der Waals surface area contributed by atoms with E-state index in [9.17, 15) is 4.79 Å². The third-order valence-electron chi connectivity index (χ3n) is 3.29. The number of rotatable bonds is 3. The van der Waals surface area contributed by atoms with Crippen LogP contribution in [-0.4, -0.2) is 48.6 Å². The minimum absolute atomic E-state index is 0.00773. The van der Waals surface area contributed by atoms with Crippen LogP contribution in [0, 0.1) is 0 Å². The molecule has 0 atom stereocenters. The molecule has 1 saturated heterocycles. The van der Waals surface area contributed by atoms with E-state index in [1.54, 1.807) is 0 Å². The topological polar surface area (TPSA) is 35.6 Å². The highest BCUT2D eigenvalue weighted by molar-refractivity contribution is 5.89.